The lowest BCUT2D eigenvalue weighted by Gasteiger charge is -2.29. The van der Waals surface area contributed by atoms with Crippen LogP contribution in [0, 0.1) is 0 Å². The van der Waals surface area contributed by atoms with Crippen molar-refractivity contribution in [1.29, 1.82) is 0 Å². The second kappa shape index (κ2) is 11.0. The number of rotatable bonds is 8. The molecule has 0 spiro atoms. The molecule has 0 bridgehead atoms. The first-order valence-electron chi connectivity index (χ1n) is 10.7. The van der Waals surface area contributed by atoms with Crippen LogP contribution in [0.25, 0.3) is 0 Å². The highest BCUT2D eigenvalue weighted by molar-refractivity contribution is 5.74. The first kappa shape index (κ1) is 22.9. The van der Waals surface area contributed by atoms with Crippen LogP contribution in [-0.2, 0) is 11.3 Å². The minimum absolute atomic E-state index is 0.0797. The molecule has 1 saturated heterocycles. The van der Waals surface area contributed by atoms with E-state index in [0.29, 0.717) is 13.1 Å². The summed E-state index contributed by atoms with van der Waals surface area (Å²) >= 11 is 0. The zero-order chi connectivity index (χ0) is 22.2. The molecule has 2 amide bonds. The highest BCUT2D eigenvalue weighted by atomic mass is 16.5. The Morgan fingerprint density at radius 3 is 2.29 bits per heavy atom. The first-order chi connectivity index (χ1) is 15.0. The van der Waals surface area contributed by atoms with Crippen molar-refractivity contribution >= 4 is 11.7 Å². The van der Waals surface area contributed by atoms with Gasteiger partial charge in [0, 0.05) is 38.9 Å². The Kier molecular flexibility index (Phi) is 8.14. The van der Waals surface area contributed by atoms with Gasteiger partial charge < -0.3 is 29.5 Å². The number of ether oxygens (including phenoxy) is 2. The summed E-state index contributed by atoms with van der Waals surface area (Å²) in [6.45, 7) is 4.47. The van der Waals surface area contributed by atoms with Gasteiger partial charge in [0.1, 0.15) is 5.75 Å². The number of nitrogens with zero attached hydrogens (tertiary/aromatic N) is 3. The number of carbonyl (C=O) groups excluding carboxylic acids is 1. The normalized spacial score (nSPS) is 14.9. The molecule has 0 aromatic heterocycles. The van der Waals surface area contributed by atoms with E-state index in [1.807, 2.05) is 45.4 Å². The van der Waals surface area contributed by atoms with E-state index in [2.05, 4.69) is 39.4 Å². The third-order valence-corrected chi connectivity index (χ3v) is 5.65. The average molecular weight is 427 g/mol. The molecule has 3 rings (SSSR count). The van der Waals surface area contributed by atoms with Crippen molar-refractivity contribution in [3.8, 4) is 5.75 Å². The van der Waals surface area contributed by atoms with Crippen LogP contribution in [0.1, 0.15) is 17.2 Å². The van der Waals surface area contributed by atoms with E-state index in [0.717, 1.165) is 43.2 Å². The Hall–Kier alpha value is -2.77. The summed E-state index contributed by atoms with van der Waals surface area (Å²) in [5.74, 6) is 0.824. The number of carbonyl (C=O) groups is 1. The quantitative estimate of drug-likeness (QED) is 0.703. The second-order valence-electron chi connectivity index (χ2n) is 8.06. The molecule has 1 fully saturated rings. The van der Waals surface area contributed by atoms with Crippen molar-refractivity contribution < 1.29 is 14.3 Å². The van der Waals surface area contributed by atoms with Gasteiger partial charge in [-0.2, -0.15) is 0 Å². The van der Waals surface area contributed by atoms with E-state index in [9.17, 15) is 4.79 Å². The summed E-state index contributed by atoms with van der Waals surface area (Å²) in [5, 5.41) is 3.07. The van der Waals surface area contributed by atoms with Crippen LogP contribution >= 0.6 is 0 Å². The van der Waals surface area contributed by atoms with Crippen LogP contribution in [0.5, 0.6) is 5.75 Å². The minimum atomic E-state index is -0.0855. The smallest absolute Gasteiger partial charge is 0.317 e. The summed E-state index contributed by atoms with van der Waals surface area (Å²) in [7, 11) is 7.51. The molecular formula is C24H34N4O3. The van der Waals surface area contributed by atoms with Crippen LogP contribution in [0.4, 0.5) is 10.5 Å². The molecule has 7 nitrogen and oxygen atoms in total. The van der Waals surface area contributed by atoms with Crippen LogP contribution in [0.2, 0.25) is 0 Å². The SMILES string of the molecule is COc1ccc(C(CNC(=O)N(C)Cc2ccc(N3CCOCC3)cc2)N(C)C)cc1. The van der Waals surface area contributed by atoms with Crippen molar-refractivity contribution in [1.82, 2.24) is 15.1 Å². The van der Waals surface area contributed by atoms with Crippen LogP contribution in [0.3, 0.4) is 0 Å². The van der Waals surface area contributed by atoms with Crippen molar-refractivity contribution in [2.75, 3.05) is 66.0 Å². The van der Waals surface area contributed by atoms with E-state index in [4.69, 9.17) is 9.47 Å². The van der Waals surface area contributed by atoms with Crippen LogP contribution in [0.15, 0.2) is 48.5 Å². The van der Waals surface area contributed by atoms with E-state index in [1.165, 1.54) is 5.69 Å². The van der Waals surface area contributed by atoms with Gasteiger partial charge in [-0.3, -0.25) is 0 Å². The molecule has 1 unspecified atom stereocenters. The van der Waals surface area contributed by atoms with Gasteiger partial charge in [-0.15, -0.1) is 0 Å². The molecule has 0 radical (unpaired) electrons. The third kappa shape index (κ3) is 6.35. The fraction of sp³-hybridized carbons (Fsp3) is 0.458. The largest absolute Gasteiger partial charge is 0.497 e. The first-order valence-corrected chi connectivity index (χ1v) is 10.7. The van der Waals surface area contributed by atoms with Crippen molar-refractivity contribution in [2.45, 2.75) is 12.6 Å². The minimum Gasteiger partial charge on any atom is -0.497 e. The number of hydrogen-bond donors (Lipinski definition) is 1. The van der Waals surface area contributed by atoms with Gasteiger partial charge in [-0.1, -0.05) is 24.3 Å². The van der Waals surface area contributed by atoms with E-state index in [-0.39, 0.29) is 12.1 Å². The maximum absolute atomic E-state index is 12.7. The summed E-state index contributed by atoms with van der Waals surface area (Å²) in [6, 6.07) is 16.4. The maximum atomic E-state index is 12.7. The number of hydrogen-bond acceptors (Lipinski definition) is 5. The Morgan fingerprint density at radius 2 is 1.71 bits per heavy atom. The molecule has 1 aliphatic rings. The summed E-state index contributed by atoms with van der Waals surface area (Å²) in [5.41, 5.74) is 3.44. The van der Waals surface area contributed by atoms with Gasteiger partial charge >= 0.3 is 6.03 Å². The number of anilines is 1. The Balaban J connectivity index is 1.52. The standard InChI is InChI=1S/C24H34N4O3/c1-26(2)23(20-7-11-22(30-4)12-8-20)17-25-24(29)27(3)18-19-5-9-21(10-6-19)28-13-15-31-16-14-28/h5-12,23H,13-18H2,1-4H3,(H,25,29). The monoisotopic (exact) mass is 426 g/mol. The zero-order valence-electron chi connectivity index (χ0n) is 19.0. The predicted molar refractivity (Wildman–Crippen MR) is 124 cm³/mol. The number of nitrogens with one attached hydrogen (secondary N) is 1. The topological polar surface area (TPSA) is 57.3 Å². The fourth-order valence-electron chi connectivity index (χ4n) is 3.72. The highest BCUT2D eigenvalue weighted by Gasteiger charge is 2.17. The molecule has 168 valence electrons. The average Bonchev–Trinajstić information content (AvgIpc) is 2.80. The molecule has 31 heavy (non-hydrogen) atoms. The zero-order valence-corrected chi connectivity index (χ0v) is 19.0. The van der Waals surface area contributed by atoms with E-state index >= 15 is 0 Å². The Morgan fingerprint density at radius 1 is 1.06 bits per heavy atom. The molecule has 1 aliphatic heterocycles. The van der Waals surface area contributed by atoms with Crippen molar-refractivity contribution in [3.63, 3.8) is 0 Å². The fourth-order valence-corrected chi connectivity index (χ4v) is 3.72. The lowest BCUT2D eigenvalue weighted by Crippen LogP contribution is -2.41. The summed E-state index contributed by atoms with van der Waals surface area (Å²) < 4.78 is 10.7. The van der Waals surface area contributed by atoms with Gasteiger partial charge in [0.2, 0.25) is 0 Å². The molecule has 1 heterocycles. The van der Waals surface area contributed by atoms with Gasteiger partial charge in [0.25, 0.3) is 0 Å². The number of amides is 2. The molecule has 1 atom stereocenters. The number of morpholine rings is 1. The molecular weight excluding hydrogens is 392 g/mol. The maximum Gasteiger partial charge on any atom is 0.317 e. The highest BCUT2D eigenvalue weighted by Crippen LogP contribution is 2.21. The third-order valence-electron chi connectivity index (χ3n) is 5.65. The molecule has 0 aliphatic carbocycles. The van der Waals surface area contributed by atoms with Crippen molar-refractivity contribution in [3.05, 3.63) is 59.7 Å². The van der Waals surface area contributed by atoms with Gasteiger partial charge in [0.05, 0.1) is 26.4 Å². The van der Waals surface area contributed by atoms with Gasteiger partial charge in [0.15, 0.2) is 0 Å². The van der Waals surface area contributed by atoms with Crippen LogP contribution in [-0.4, -0.2) is 76.9 Å². The number of methoxy groups -OCH3 is 1. The molecule has 7 heteroatoms. The Labute approximate surface area is 185 Å². The molecule has 1 N–H and O–H groups in total. The number of benzene rings is 2. The molecule has 2 aromatic carbocycles. The number of likely N-dealkylation sites (N-methyl/N-ethyl adjacent to an activating group) is 1. The molecule has 0 saturated carbocycles. The second-order valence-corrected chi connectivity index (χ2v) is 8.06. The van der Waals surface area contributed by atoms with E-state index in [1.54, 1.807) is 12.0 Å². The summed E-state index contributed by atoms with van der Waals surface area (Å²) in [4.78, 5) is 18.8. The van der Waals surface area contributed by atoms with Crippen molar-refractivity contribution in [2.24, 2.45) is 0 Å². The predicted octanol–water partition coefficient (Wildman–Crippen LogP) is 2.98. The Bertz CT molecular complexity index is 818. The van der Waals surface area contributed by atoms with Gasteiger partial charge in [-0.05, 0) is 49.5 Å². The van der Waals surface area contributed by atoms with Gasteiger partial charge in [-0.25, -0.2) is 4.79 Å². The van der Waals surface area contributed by atoms with Crippen LogP contribution < -0.4 is 15.0 Å². The lowest BCUT2D eigenvalue weighted by atomic mass is 10.1. The lowest BCUT2D eigenvalue weighted by molar-refractivity contribution is 0.122. The molecule has 2 aromatic rings. The number of urea groups is 1. The summed E-state index contributed by atoms with van der Waals surface area (Å²) in [6.07, 6.45) is 0. The van der Waals surface area contributed by atoms with E-state index < -0.39 is 0 Å².